The summed E-state index contributed by atoms with van der Waals surface area (Å²) in [7, 11) is 0. The first-order chi connectivity index (χ1) is 9.65. The number of rotatable bonds is 3. The van der Waals surface area contributed by atoms with Crippen LogP contribution in [-0.4, -0.2) is 34.4 Å². The zero-order valence-electron chi connectivity index (χ0n) is 12.9. The maximum atomic E-state index is 2.54. The van der Waals surface area contributed by atoms with E-state index in [1.165, 1.54) is 42.8 Å². The third-order valence-corrected chi connectivity index (χ3v) is 5.64. The van der Waals surface area contributed by atoms with Gasteiger partial charge in [0, 0.05) is 30.0 Å². The Morgan fingerprint density at radius 1 is 1.20 bits per heavy atom. The molecule has 0 aromatic heterocycles. The number of nitrogens with zero attached hydrogens (tertiary/aromatic N) is 2. The molecule has 1 aliphatic carbocycles. The first-order valence-electron chi connectivity index (χ1n) is 7.94. The minimum Gasteiger partial charge on any atom is -0.368 e. The lowest BCUT2D eigenvalue weighted by molar-refractivity contribution is 0.263. The van der Waals surface area contributed by atoms with Crippen molar-refractivity contribution in [2.24, 2.45) is 5.92 Å². The van der Waals surface area contributed by atoms with Crippen molar-refractivity contribution >= 4 is 11.9 Å². The highest BCUT2D eigenvalue weighted by Gasteiger charge is 2.33. The van der Waals surface area contributed by atoms with Gasteiger partial charge in [-0.2, -0.15) is 0 Å². The van der Waals surface area contributed by atoms with E-state index >= 15 is 0 Å². The van der Waals surface area contributed by atoms with Crippen LogP contribution in [0.15, 0.2) is 34.9 Å². The minimum absolute atomic E-state index is 0.542. The minimum atomic E-state index is 0.542. The summed E-state index contributed by atoms with van der Waals surface area (Å²) in [5.41, 5.74) is 1.50. The molecule has 1 saturated heterocycles. The van der Waals surface area contributed by atoms with Gasteiger partial charge in [0.2, 0.25) is 0 Å². The van der Waals surface area contributed by atoms with Crippen LogP contribution in [-0.2, 0) is 0 Å². The number of fused-ring (bicyclic) bond motifs is 1. The first-order valence-corrected chi connectivity index (χ1v) is 8.71. The molecule has 0 bridgehead atoms. The van der Waals surface area contributed by atoms with Crippen molar-refractivity contribution in [2.75, 3.05) is 13.1 Å². The normalized spacial score (nSPS) is 30.5. The fraction of sp³-hybridized carbons (Fsp3) is 0.647. The molecule has 0 radical (unpaired) electrons. The molecule has 3 aliphatic rings. The van der Waals surface area contributed by atoms with Gasteiger partial charge in [-0.25, -0.2) is 4.31 Å². The van der Waals surface area contributed by atoms with E-state index in [1.807, 2.05) is 11.9 Å². The van der Waals surface area contributed by atoms with Gasteiger partial charge in [0.15, 0.2) is 0 Å². The summed E-state index contributed by atoms with van der Waals surface area (Å²) in [6.45, 7) is 9.33. The second-order valence-corrected chi connectivity index (χ2v) is 7.61. The van der Waals surface area contributed by atoms with Crippen molar-refractivity contribution in [3.8, 4) is 0 Å². The monoisotopic (exact) mass is 290 g/mol. The number of piperidine rings is 1. The lowest BCUT2D eigenvalue weighted by Gasteiger charge is -2.33. The Bertz CT molecular complexity index is 444. The third-order valence-electron chi connectivity index (χ3n) is 4.54. The Balaban J connectivity index is 1.68. The summed E-state index contributed by atoms with van der Waals surface area (Å²) in [5.74, 6) is 0.578. The van der Waals surface area contributed by atoms with Crippen LogP contribution in [0.25, 0.3) is 0 Å². The second kappa shape index (κ2) is 5.98. The van der Waals surface area contributed by atoms with Gasteiger partial charge in [-0.3, -0.25) is 0 Å². The van der Waals surface area contributed by atoms with Crippen molar-refractivity contribution in [3.63, 3.8) is 0 Å². The molecule has 2 atom stereocenters. The number of allylic oxidation sites excluding steroid dienone is 1. The van der Waals surface area contributed by atoms with E-state index in [2.05, 4.69) is 54.4 Å². The van der Waals surface area contributed by atoms with Gasteiger partial charge in [0.25, 0.3) is 0 Å². The molecule has 0 spiro atoms. The van der Waals surface area contributed by atoms with E-state index in [9.17, 15) is 0 Å². The summed E-state index contributed by atoms with van der Waals surface area (Å²) in [4.78, 5) is 3.93. The predicted molar refractivity (Wildman–Crippen MR) is 88.2 cm³/mol. The van der Waals surface area contributed by atoms with Gasteiger partial charge < -0.3 is 4.90 Å². The standard InChI is InChI=1S/C17H26N2S/c1-13(2)19-12-14(3)16-11-15(7-8-17(16)19)20-18-9-5-4-6-10-18/h7-8,11-13,16-17H,4-6,9-10H2,1-3H3. The van der Waals surface area contributed by atoms with E-state index < -0.39 is 0 Å². The molecule has 0 aromatic carbocycles. The Morgan fingerprint density at radius 2 is 1.95 bits per heavy atom. The highest BCUT2D eigenvalue weighted by molar-refractivity contribution is 8.01. The zero-order chi connectivity index (χ0) is 14.1. The number of hydrogen-bond acceptors (Lipinski definition) is 3. The fourth-order valence-corrected chi connectivity index (χ4v) is 4.48. The average molecular weight is 290 g/mol. The molecule has 110 valence electrons. The van der Waals surface area contributed by atoms with Crippen molar-refractivity contribution in [1.82, 2.24) is 9.21 Å². The van der Waals surface area contributed by atoms with Crippen LogP contribution in [0, 0.1) is 5.92 Å². The van der Waals surface area contributed by atoms with Crippen molar-refractivity contribution < 1.29 is 0 Å². The van der Waals surface area contributed by atoms with Gasteiger partial charge in [0.05, 0.1) is 6.04 Å². The Morgan fingerprint density at radius 3 is 2.65 bits per heavy atom. The van der Waals surface area contributed by atoms with Crippen molar-refractivity contribution in [1.29, 1.82) is 0 Å². The highest BCUT2D eigenvalue weighted by atomic mass is 32.2. The third kappa shape index (κ3) is 2.84. The molecule has 0 saturated carbocycles. The van der Waals surface area contributed by atoms with E-state index in [4.69, 9.17) is 0 Å². The molecule has 20 heavy (non-hydrogen) atoms. The van der Waals surface area contributed by atoms with Crippen molar-refractivity contribution in [3.05, 3.63) is 34.9 Å². The Hall–Kier alpha value is -0.670. The highest BCUT2D eigenvalue weighted by Crippen LogP contribution is 2.38. The van der Waals surface area contributed by atoms with Crippen molar-refractivity contribution in [2.45, 2.75) is 52.1 Å². The quantitative estimate of drug-likeness (QED) is 0.720. The lowest BCUT2D eigenvalue weighted by atomic mass is 9.91. The lowest BCUT2D eigenvalue weighted by Crippen LogP contribution is -2.36. The largest absolute Gasteiger partial charge is 0.368 e. The molecule has 3 heteroatoms. The van der Waals surface area contributed by atoms with E-state index in [1.54, 1.807) is 0 Å². The molecule has 0 N–H and O–H groups in total. The number of hydrogen-bond donors (Lipinski definition) is 0. The summed E-state index contributed by atoms with van der Waals surface area (Å²) in [6, 6.07) is 1.12. The summed E-state index contributed by atoms with van der Waals surface area (Å²) < 4.78 is 2.54. The zero-order valence-corrected chi connectivity index (χ0v) is 13.7. The molecular weight excluding hydrogens is 264 g/mol. The molecule has 3 rings (SSSR count). The average Bonchev–Trinajstić information content (AvgIpc) is 2.77. The topological polar surface area (TPSA) is 6.48 Å². The fourth-order valence-electron chi connectivity index (χ4n) is 3.40. The molecule has 0 aromatic rings. The van der Waals surface area contributed by atoms with Crippen LogP contribution in [0.3, 0.4) is 0 Å². The van der Waals surface area contributed by atoms with Crippen LogP contribution in [0.4, 0.5) is 0 Å². The maximum absolute atomic E-state index is 2.54. The molecule has 1 fully saturated rings. The predicted octanol–water partition coefficient (Wildman–Crippen LogP) is 4.19. The van der Waals surface area contributed by atoms with Gasteiger partial charge in [-0.05, 0) is 63.4 Å². The maximum Gasteiger partial charge on any atom is 0.0574 e. The van der Waals surface area contributed by atoms with Crippen LogP contribution >= 0.6 is 11.9 Å². The molecule has 0 amide bonds. The van der Waals surface area contributed by atoms with E-state index in [0.717, 1.165) is 0 Å². The second-order valence-electron chi connectivity index (χ2n) is 6.44. The summed E-state index contributed by atoms with van der Waals surface area (Å²) in [6.07, 6.45) is 13.7. The first kappa shape index (κ1) is 14.3. The van der Waals surface area contributed by atoms with Crippen LogP contribution < -0.4 is 0 Å². The van der Waals surface area contributed by atoms with Gasteiger partial charge >= 0.3 is 0 Å². The molecule has 2 unspecified atom stereocenters. The van der Waals surface area contributed by atoms with E-state index in [-0.39, 0.29) is 0 Å². The smallest absolute Gasteiger partial charge is 0.0574 e. The van der Waals surface area contributed by atoms with Crippen LogP contribution in [0.2, 0.25) is 0 Å². The van der Waals surface area contributed by atoms with Gasteiger partial charge in [0.1, 0.15) is 0 Å². The molecular formula is C17H26N2S. The van der Waals surface area contributed by atoms with Crippen LogP contribution in [0.1, 0.15) is 40.0 Å². The molecule has 2 heterocycles. The van der Waals surface area contributed by atoms with E-state index in [0.29, 0.717) is 18.0 Å². The van der Waals surface area contributed by atoms with Gasteiger partial charge in [-0.1, -0.05) is 18.6 Å². The van der Waals surface area contributed by atoms with Crippen LogP contribution in [0.5, 0.6) is 0 Å². The van der Waals surface area contributed by atoms with Gasteiger partial charge in [-0.15, -0.1) is 0 Å². The summed E-state index contributed by atoms with van der Waals surface area (Å²) in [5, 5.41) is 0. The Labute approximate surface area is 127 Å². The summed E-state index contributed by atoms with van der Waals surface area (Å²) >= 11 is 1.96. The molecule has 2 aliphatic heterocycles. The Kier molecular flexibility index (Phi) is 4.27. The molecule has 2 nitrogen and oxygen atoms in total. The SMILES string of the molecule is CC1=CN(C(C)C)C2C=CC(SN3CCCCC3)=CC12.